The zero-order valence-corrected chi connectivity index (χ0v) is 12.9. The minimum Gasteiger partial charge on any atom is -0.395 e. The zero-order chi connectivity index (χ0) is 14.6. The maximum atomic E-state index is 9.18. The number of hydrogen-bond acceptors (Lipinski definition) is 6. The van der Waals surface area contributed by atoms with Crippen LogP contribution in [-0.2, 0) is 0 Å². The molecule has 0 spiro atoms. The van der Waals surface area contributed by atoms with E-state index in [4.69, 9.17) is 5.11 Å². The summed E-state index contributed by atoms with van der Waals surface area (Å²) in [5, 5.41) is 21.8. The third-order valence-electron chi connectivity index (χ3n) is 3.95. The van der Waals surface area contributed by atoms with E-state index in [2.05, 4.69) is 26.9 Å². The summed E-state index contributed by atoms with van der Waals surface area (Å²) in [5.74, 6) is 0. The third-order valence-corrected chi connectivity index (χ3v) is 3.95. The lowest BCUT2D eigenvalue weighted by Gasteiger charge is -2.30. The SMILES string of the molecule is CCN1CCNCCN(CCO)CCN(CCO)CC1. The Balaban J connectivity index is 2.49. The predicted molar refractivity (Wildman–Crippen MR) is 82.0 cm³/mol. The molecule has 6 nitrogen and oxygen atoms in total. The number of β-amino-alcohol motifs (C(OH)–C–C–N with tert-alkyl or cyclic N) is 2. The Labute approximate surface area is 123 Å². The van der Waals surface area contributed by atoms with Crippen molar-refractivity contribution in [2.45, 2.75) is 6.92 Å². The predicted octanol–water partition coefficient (Wildman–Crippen LogP) is -1.50. The quantitative estimate of drug-likeness (QED) is 0.572. The van der Waals surface area contributed by atoms with Gasteiger partial charge in [0.2, 0.25) is 0 Å². The van der Waals surface area contributed by atoms with Gasteiger partial charge in [-0.3, -0.25) is 9.80 Å². The van der Waals surface area contributed by atoms with Crippen molar-refractivity contribution >= 4 is 0 Å². The van der Waals surface area contributed by atoms with E-state index in [1.165, 1.54) is 0 Å². The largest absolute Gasteiger partial charge is 0.395 e. The van der Waals surface area contributed by atoms with Crippen LogP contribution in [0.3, 0.4) is 0 Å². The molecular formula is C14H32N4O2. The molecule has 0 aromatic rings. The molecule has 6 heteroatoms. The summed E-state index contributed by atoms with van der Waals surface area (Å²) in [4.78, 5) is 7.06. The molecule has 0 aliphatic carbocycles. The molecule has 1 saturated heterocycles. The fourth-order valence-corrected chi connectivity index (χ4v) is 2.55. The summed E-state index contributed by atoms with van der Waals surface area (Å²) in [6.07, 6.45) is 0. The van der Waals surface area contributed by atoms with Gasteiger partial charge in [0.05, 0.1) is 13.2 Å². The first kappa shape index (κ1) is 17.8. The standard InChI is InChI=1S/C14H32N4O2/c1-2-16-5-3-15-4-6-17(11-13-19)9-10-18(8-7-16)12-14-20/h15,19-20H,2-14H2,1H3. The molecule has 0 aromatic heterocycles. The van der Waals surface area contributed by atoms with Gasteiger partial charge in [-0.2, -0.15) is 0 Å². The molecule has 20 heavy (non-hydrogen) atoms. The van der Waals surface area contributed by atoms with Gasteiger partial charge < -0.3 is 20.4 Å². The van der Waals surface area contributed by atoms with Crippen molar-refractivity contribution in [1.82, 2.24) is 20.0 Å². The number of rotatable bonds is 5. The highest BCUT2D eigenvalue weighted by Gasteiger charge is 2.12. The molecule has 0 aromatic carbocycles. The lowest BCUT2D eigenvalue weighted by atomic mass is 10.3. The Morgan fingerprint density at radius 2 is 1.20 bits per heavy atom. The van der Waals surface area contributed by atoms with Gasteiger partial charge in [-0.1, -0.05) is 6.92 Å². The minimum absolute atomic E-state index is 0.212. The first-order valence-electron chi connectivity index (χ1n) is 7.89. The molecule has 0 bridgehead atoms. The molecule has 1 fully saturated rings. The second kappa shape index (κ2) is 11.4. The van der Waals surface area contributed by atoms with Crippen LogP contribution in [0.1, 0.15) is 6.92 Å². The Hall–Kier alpha value is -0.240. The van der Waals surface area contributed by atoms with Crippen LogP contribution in [-0.4, -0.2) is 110 Å². The van der Waals surface area contributed by atoms with E-state index in [0.29, 0.717) is 0 Å². The molecule has 3 N–H and O–H groups in total. The number of nitrogens with one attached hydrogen (secondary N) is 1. The summed E-state index contributed by atoms with van der Waals surface area (Å²) in [6, 6.07) is 0. The summed E-state index contributed by atoms with van der Waals surface area (Å²) < 4.78 is 0. The van der Waals surface area contributed by atoms with E-state index in [0.717, 1.165) is 72.0 Å². The Bertz CT molecular complexity index is 231. The Kier molecular flexibility index (Phi) is 10.2. The van der Waals surface area contributed by atoms with Gasteiger partial charge in [-0.05, 0) is 6.54 Å². The zero-order valence-electron chi connectivity index (χ0n) is 12.9. The minimum atomic E-state index is 0.212. The summed E-state index contributed by atoms with van der Waals surface area (Å²) in [5.41, 5.74) is 0. The molecular weight excluding hydrogens is 256 g/mol. The molecule has 0 atom stereocenters. The maximum Gasteiger partial charge on any atom is 0.0558 e. The average molecular weight is 288 g/mol. The number of aliphatic hydroxyl groups excluding tert-OH is 2. The van der Waals surface area contributed by atoms with Crippen molar-refractivity contribution in [1.29, 1.82) is 0 Å². The highest BCUT2D eigenvalue weighted by atomic mass is 16.3. The smallest absolute Gasteiger partial charge is 0.0558 e. The maximum absolute atomic E-state index is 9.18. The number of nitrogens with zero attached hydrogens (tertiary/aromatic N) is 3. The van der Waals surface area contributed by atoms with Crippen LogP contribution in [0.4, 0.5) is 0 Å². The van der Waals surface area contributed by atoms with E-state index < -0.39 is 0 Å². The number of aliphatic hydroxyl groups is 2. The highest BCUT2D eigenvalue weighted by molar-refractivity contribution is 4.69. The van der Waals surface area contributed by atoms with E-state index in [1.807, 2.05) is 0 Å². The van der Waals surface area contributed by atoms with Gasteiger partial charge >= 0.3 is 0 Å². The van der Waals surface area contributed by atoms with Crippen molar-refractivity contribution in [3.8, 4) is 0 Å². The van der Waals surface area contributed by atoms with Crippen LogP contribution >= 0.6 is 0 Å². The fourth-order valence-electron chi connectivity index (χ4n) is 2.55. The lowest BCUT2D eigenvalue weighted by molar-refractivity contribution is 0.135. The average Bonchev–Trinajstić information content (AvgIpc) is 2.45. The van der Waals surface area contributed by atoms with E-state index >= 15 is 0 Å². The van der Waals surface area contributed by atoms with Gasteiger partial charge in [0.1, 0.15) is 0 Å². The van der Waals surface area contributed by atoms with E-state index in [1.54, 1.807) is 0 Å². The third kappa shape index (κ3) is 7.52. The molecule has 1 heterocycles. The second-order valence-electron chi connectivity index (χ2n) is 5.31. The number of likely N-dealkylation sites (N-methyl/N-ethyl adjacent to an activating group) is 1. The van der Waals surface area contributed by atoms with E-state index in [-0.39, 0.29) is 13.2 Å². The van der Waals surface area contributed by atoms with Crippen LogP contribution in [0.25, 0.3) is 0 Å². The van der Waals surface area contributed by atoms with Crippen LogP contribution in [0.5, 0.6) is 0 Å². The van der Waals surface area contributed by atoms with Crippen molar-refractivity contribution in [3.63, 3.8) is 0 Å². The fraction of sp³-hybridized carbons (Fsp3) is 1.00. The lowest BCUT2D eigenvalue weighted by Crippen LogP contribution is -2.45. The Morgan fingerprint density at radius 3 is 1.70 bits per heavy atom. The first-order chi connectivity index (χ1) is 9.80. The molecule has 1 aliphatic heterocycles. The van der Waals surface area contributed by atoms with Crippen LogP contribution in [0.15, 0.2) is 0 Å². The molecule has 0 radical (unpaired) electrons. The molecule has 0 unspecified atom stereocenters. The summed E-state index contributed by atoms with van der Waals surface area (Å²) in [7, 11) is 0. The summed E-state index contributed by atoms with van der Waals surface area (Å²) >= 11 is 0. The van der Waals surface area contributed by atoms with Gasteiger partial charge in [-0.15, -0.1) is 0 Å². The number of hydrogen-bond donors (Lipinski definition) is 3. The molecule has 0 amide bonds. The first-order valence-corrected chi connectivity index (χ1v) is 7.89. The van der Waals surface area contributed by atoms with Gasteiger partial charge in [-0.25, -0.2) is 0 Å². The van der Waals surface area contributed by atoms with Gasteiger partial charge in [0.25, 0.3) is 0 Å². The molecule has 1 aliphatic rings. The van der Waals surface area contributed by atoms with Gasteiger partial charge in [0, 0.05) is 65.4 Å². The highest BCUT2D eigenvalue weighted by Crippen LogP contribution is 1.96. The normalized spacial score (nSPS) is 22.4. The molecule has 120 valence electrons. The monoisotopic (exact) mass is 288 g/mol. The second-order valence-corrected chi connectivity index (χ2v) is 5.31. The van der Waals surface area contributed by atoms with Crippen LogP contribution < -0.4 is 5.32 Å². The van der Waals surface area contributed by atoms with Gasteiger partial charge in [0.15, 0.2) is 0 Å². The molecule has 1 rings (SSSR count). The topological polar surface area (TPSA) is 62.2 Å². The summed E-state index contributed by atoms with van der Waals surface area (Å²) in [6.45, 7) is 13.2. The van der Waals surface area contributed by atoms with Crippen LogP contribution in [0, 0.1) is 0 Å². The molecule has 0 saturated carbocycles. The Morgan fingerprint density at radius 1 is 0.750 bits per heavy atom. The van der Waals surface area contributed by atoms with E-state index in [9.17, 15) is 5.11 Å². The van der Waals surface area contributed by atoms with Crippen molar-refractivity contribution in [2.24, 2.45) is 0 Å². The van der Waals surface area contributed by atoms with Crippen molar-refractivity contribution in [3.05, 3.63) is 0 Å². The van der Waals surface area contributed by atoms with Crippen molar-refractivity contribution in [2.75, 3.05) is 85.2 Å². The van der Waals surface area contributed by atoms with Crippen LogP contribution in [0.2, 0.25) is 0 Å². The van der Waals surface area contributed by atoms with Crippen molar-refractivity contribution < 1.29 is 10.2 Å².